The second-order valence-corrected chi connectivity index (χ2v) is 33.0. The number of ether oxygens (including phenoxy) is 11. The number of aryl methyl sites for hydroxylation is 1. The first kappa shape index (κ1) is 92.5. The molecule has 0 bridgehead atoms. The summed E-state index contributed by atoms with van der Waals surface area (Å²) in [7, 11) is 10.5. The fourth-order valence-electron chi connectivity index (χ4n) is 17.6. The first-order valence-electron chi connectivity index (χ1n) is 40.7. The molecule has 2 unspecified atom stereocenters. The molecule has 3 aromatic heterocycles. The normalized spacial score (nSPS) is 35.4. The van der Waals surface area contributed by atoms with Gasteiger partial charge in [0.05, 0.1) is 65.3 Å². The van der Waals surface area contributed by atoms with Crippen LogP contribution < -0.4 is 0 Å². The predicted octanol–water partition coefficient (Wildman–Crippen LogP) is 11.1. The summed E-state index contributed by atoms with van der Waals surface area (Å²) in [6, 6.07) is 11.0. The fourth-order valence-corrected chi connectivity index (χ4v) is 17.6. The number of ketones is 4. The molecule has 29 heteroatoms. The number of carbonyl (C=O) groups is 9. The second kappa shape index (κ2) is 40.0. The van der Waals surface area contributed by atoms with Crippen LogP contribution in [0, 0.1) is 41.4 Å². The van der Waals surface area contributed by atoms with Gasteiger partial charge in [0.1, 0.15) is 42.3 Å². The Morgan fingerprint density at radius 3 is 1.76 bits per heavy atom. The van der Waals surface area contributed by atoms with Crippen LogP contribution in [0.1, 0.15) is 185 Å². The molecule has 1 aromatic carbocycles. The first-order valence-corrected chi connectivity index (χ1v) is 40.7. The number of unbranched alkanes of at least 4 members (excludes halogenated alkanes) is 1. The van der Waals surface area contributed by atoms with Crippen molar-refractivity contribution in [3.05, 3.63) is 103 Å². The smallest absolute Gasteiger partial charge is 0.420 e. The molecule has 0 spiro atoms. The quantitative estimate of drug-likeness (QED) is 0.0350. The number of rotatable bonds is 21. The number of Topliss-reactive ketones (excluding diaryl/α,β-unsaturated/α-hetero) is 4. The molecular formula is C86H126N8O21. The molecule has 4 fully saturated rings. The van der Waals surface area contributed by atoms with Gasteiger partial charge in [0, 0.05) is 99.5 Å². The lowest BCUT2D eigenvalue weighted by Crippen LogP contribution is -2.61. The SMILES string of the molecule is CC[C@H]1OC(=O)[C@H](C)C(=O)[C@H](C)[C@@H](OC2O[C@H](C)C[C@H](N(C)C)[C@H]2O)[C@@](C)(OC)C[C@@H](C)C(=O)[C@H](C)[C@H]2N(CCCCn3cnc(-c4cccnc4)c3)C(=O)O[C@]12CC.CC[C@H]1OC(=O)[C@H](C)C(=O)[C@H](C)[C@@H](OC2O[C@H](C)C[C@H](N(C)C)[C@H]2OC(=O)c2ccccc2)[C@@](C)(OC)C[C@@H](C)C(=O)/C(C)=C/[C@]1(CC)OC(=O)n1ccnc1. The van der Waals surface area contributed by atoms with Crippen LogP contribution >= 0.6 is 0 Å². The number of aromatic nitrogens is 5. The van der Waals surface area contributed by atoms with Gasteiger partial charge < -0.3 is 76.5 Å². The summed E-state index contributed by atoms with van der Waals surface area (Å²) >= 11 is 0. The number of cyclic esters (lactones) is 2. The van der Waals surface area contributed by atoms with Crippen molar-refractivity contribution in [1.29, 1.82) is 0 Å². The number of aliphatic hydroxyl groups excluding tert-OH is 1. The van der Waals surface area contributed by atoms with Crippen molar-refractivity contribution in [3.8, 4) is 11.3 Å². The molecule has 636 valence electrons. The average molecular weight is 1610 g/mol. The third kappa shape index (κ3) is 20.9. The third-order valence-electron chi connectivity index (χ3n) is 24.4. The first-order chi connectivity index (χ1) is 54.3. The number of carbonyl (C=O) groups excluding carboxylic acids is 9. The van der Waals surface area contributed by atoms with Gasteiger partial charge >= 0.3 is 30.1 Å². The number of hydrogen-bond acceptors (Lipinski definition) is 26. The fraction of sp³-hybridized carbons (Fsp3) is 0.674. The molecule has 4 saturated heterocycles. The zero-order valence-corrected chi connectivity index (χ0v) is 71.4. The van der Waals surface area contributed by atoms with Gasteiger partial charge in [-0.3, -0.25) is 33.8 Å². The van der Waals surface area contributed by atoms with E-state index in [-0.39, 0.29) is 80.0 Å². The van der Waals surface area contributed by atoms with Crippen molar-refractivity contribution in [2.45, 2.75) is 283 Å². The molecular weight excluding hydrogens is 1480 g/mol. The highest BCUT2D eigenvalue weighted by Gasteiger charge is 2.62. The molecule has 24 atom stereocenters. The second-order valence-electron chi connectivity index (χ2n) is 33.0. The monoisotopic (exact) mass is 1610 g/mol. The zero-order chi connectivity index (χ0) is 84.9. The number of hydrogen-bond donors (Lipinski definition) is 1. The molecule has 5 aliphatic rings. The van der Waals surface area contributed by atoms with Crippen molar-refractivity contribution < 1.29 is 100 Å². The Hall–Kier alpha value is -8.00. The van der Waals surface area contributed by atoms with E-state index in [0.717, 1.165) is 15.8 Å². The molecule has 0 saturated carbocycles. The van der Waals surface area contributed by atoms with E-state index in [0.29, 0.717) is 44.3 Å². The Morgan fingerprint density at radius 2 is 1.22 bits per heavy atom. The molecule has 115 heavy (non-hydrogen) atoms. The van der Waals surface area contributed by atoms with E-state index in [1.165, 1.54) is 46.8 Å². The number of fused-ring (bicyclic) bond motifs is 1. The molecule has 0 aliphatic carbocycles. The number of pyridine rings is 1. The lowest BCUT2D eigenvalue weighted by molar-refractivity contribution is -0.295. The zero-order valence-electron chi connectivity index (χ0n) is 71.4. The maximum Gasteiger partial charge on any atom is 0.420 e. The minimum Gasteiger partial charge on any atom is -0.457 e. The number of benzene rings is 1. The number of imidazole rings is 2. The van der Waals surface area contributed by atoms with E-state index in [1.807, 2.05) is 102 Å². The molecule has 1 N–H and O–H groups in total. The Morgan fingerprint density at radius 1 is 0.652 bits per heavy atom. The van der Waals surface area contributed by atoms with Crippen LogP contribution in [0.15, 0.2) is 97.8 Å². The van der Waals surface area contributed by atoms with Crippen LogP contribution in [0.4, 0.5) is 9.59 Å². The Balaban J connectivity index is 0.000000288. The van der Waals surface area contributed by atoms with Crippen molar-refractivity contribution in [3.63, 3.8) is 0 Å². The minimum atomic E-state index is -1.57. The number of nitrogens with zero attached hydrogens (tertiary/aromatic N) is 8. The molecule has 8 heterocycles. The standard InChI is InChI=1S/C44H67N5O10.C42H59N3O11/c1-12-34-44(13-2)38(49(42(54)59-44)20-15-14-19-48-24-32(46-25-48)31-17-16-18-45-23-31)28(5)35(50)26(3)22-43(8,55-11)39(29(6)36(51)30(7)40(53)57-34)58-41-37(52)33(47(9)10)21-27(4)56-41;1-12-32-42(13-2,56-40(50)45-20-19-43-24-45)23-26(4)33(46)25(3)22-41(8,51-11)36(28(6)34(47)29(7)37(48)53-32)55-39-35(31(44(9)10)21-27(5)52-39)54-38(49)30-17-15-14-16-18-30/h16-18,23-30,33-34,37-39,41,52H,12-15,19-22H2,1-11H3;14-20,23-25,27-29,31-32,35-36,39H,12-13,21-22H2,1-11H3/b;26-23+/t26-,27-,28+,29+,30-,33+,34-,37-,38-,39-,41?,43+,44-;25-,27-,28+,29-,31+,32-,35-,36-,39?,41+,42+/m11/s1. The summed E-state index contributed by atoms with van der Waals surface area (Å²) in [6.45, 7) is 28.8. The van der Waals surface area contributed by atoms with Gasteiger partial charge in [-0.15, -0.1) is 0 Å². The van der Waals surface area contributed by atoms with E-state index >= 15 is 0 Å². The molecule has 9 rings (SSSR count). The number of amides is 1. The number of methoxy groups -OCH3 is 2. The molecule has 1 amide bonds. The summed E-state index contributed by atoms with van der Waals surface area (Å²) in [5.41, 5.74) is -3.16. The van der Waals surface area contributed by atoms with Crippen LogP contribution in [0.2, 0.25) is 0 Å². The van der Waals surface area contributed by atoms with Gasteiger partial charge in [0.15, 0.2) is 47.2 Å². The summed E-state index contributed by atoms with van der Waals surface area (Å²) in [5.74, 6) is -10.1. The van der Waals surface area contributed by atoms with Gasteiger partial charge in [-0.25, -0.2) is 28.9 Å². The van der Waals surface area contributed by atoms with E-state index in [9.17, 15) is 48.3 Å². The van der Waals surface area contributed by atoms with Crippen LogP contribution in [0.25, 0.3) is 11.3 Å². The highest BCUT2D eigenvalue weighted by atomic mass is 16.7. The van der Waals surface area contributed by atoms with Crippen molar-refractivity contribution in [2.75, 3.05) is 49.0 Å². The molecule has 29 nitrogen and oxygen atoms in total. The summed E-state index contributed by atoms with van der Waals surface area (Å²) < 4.78 is 72.3. The number of likely N-dealkylation sites (N-methyl/N-ethyl adjacent to an activating group) is 2. The Bertz CT molecular complexity index is 3970. The van der Waals surface area contributed by atoms with Crippen molar-refractivity contribution in [2.24, 2.45) is 41.4 Å². The van der Waals surface area contributed by atoms with Gasteiger partial charge in [-0.05, 0) is 177 Å². The molecule has 0 radical (unpaired) electrons. The number of esters is 3. The van der Waals surface area contributed by atoms with Gasteiger partial charge in [-0.2, -0.15) is 0 Å². The van der Waals surface area contributed by atoms with Crippen LogP contribution in [-0.2, 0) is 87.4 Å². The van der Waals surface area contributed by atoms with Gasteiger partial charge in [0.2, 0.25) is 0 Å². The highest BCUT2D eigenvalue weighted by molar-refractivity contribution is 6.01. The maximum absolute atomic E-state index is 14.8. The van der Waals surface area contributed by atoms with Gasteiger partial charge in [0.25, 0.3) is 0 Å². The van der Waals surface area contributed by atoms with Crippen LogP contribution in [-0.4, -0.2) is 248 Å². The van der Waals surface area contributed by atoms with E-state index in [4.69, 9.17) is 52.1 Å². The van der Waals surface area contributed by atoms with Crippen LogP contribution in [0.3, 0.4) is 0 Å². The van der Waals surface area contributed by atoms with Crippen LogP contribution in [0.5, 0.6) is 0 Å². The summed E-state index contributed by atoms with van der Waals surface area (Å²) in [6.07, 6.45) is 6.03. The summed E-state index contributed by atoms with van der Waals surface area (Å²) in [4.78, 5) is 145. The lowest BCUT2D eigenvalue weighted by atomic mass is 9.72. The summed E-state index contributed by atoms with van der Waals surface area (Å²) in [5, 5.41) is 11.5. The van der Waals surface area contributed by atoms with E-state index in [1.54, 1.807) is 115 Å². The predicted molar refractivity (Wildman–Crippen MR) is 424 cm³/mol. The van der Waals surface area contributed by atoms with E-state index in [2.05, 4.69) is 15.0 Å². The van der Waals surface area contributed by atoms with Crippen molar-refractivity contribution in [1.82, 2.24) is 38.8 Å². The Labute approximate surface area is 677 Å². The van der Waals surface area contributed by atoms with Gasteiger partial charge in [-0.1, -0.05) is 80.5 Å². The number of allylic oxidation sites excluding steroid dienone is 1. The minimum absolute atomic E-state index is 0.0770. The Kier molecular flexibility index (Phi) is 32.1. The highest BCUT2D eigenvalue weighted by Crippen LogP contribution is 2.46. The maximum atomic E-state index is 14.8. The van der Waals surface area contributed by atoms with Crippen molar-refractivity contribution >= 4 is 53.2 Å². The lowest BCUT2D eigenvalue weighted by Gasteiger charge is -2.47. The number of aliphatic hydroxyl groups is 1. The largest absolute Gasteiger partial charge is 0.457 e. The molecule has 5 aliphatic heterocycles. The average Bonchev–Trinajstić information content (AvgIpc) is 1.60. The van der Waals surface area contributed by atoms with E-state index < -0.39 is 161 Å². The third-order valence-corrected chi connectivity index (χ3v) is 24.4. The molecule has 4 aromatic rings. The topological polar surface area (TPSA) is 334 Å².